The third-order valence-corrected chi connectivity index (χ3v) is 3.02. The summed E-state index contributed by atoms with van der Waals surface area (Å²) in [5, 5.41) is 0. The number of rotatable bonds is 6. The molecule has 0 atom stereocenters. The molecule has 0 aromatic heterocycles. The summed E-state index contributed by atoms with van der Waals surface area (Å²) in [4.78, 5) is 23.4. The second-order valence-electron chi connectivity index (χ2n) is 4.50. The smallest absolute Gasteiger partial charge is 0.203 e. The average Bonchev–Trinajstić information content (AvgIpc) is 2.52. The standard InChI is InChI=1S/C17H16O4/c1-12(18)13-6-5-7-14(10-13)21-11-16(19)15-8-3-4-9-17(15)20-2/h3-10H,11H2,1-2H3. The van der Waals surface area contributed by atoms with Crippen LogP contribution in [0.1, 0.15) is 27.6 Å². The largest absolute Gasteiger partial charge is 0.496 e. The number of hydrogen-bond acceptors (Lipinski definition) is 4. The lowest BCUT2D eigenvalue weighted by molar-refractivity contribution is 0.0918. The molecule has 0 spiro atoms. The summed E-state index contributed by atoms with van der Waals surface area (Å²) in [5.41, 5.74) is 1.03. The number of carbonyl (C=O) groups is 2. The highest BCUT2D eigenvalue weighted by Crippen LogP contribution is 2.19. The molecule has 4 heteroatoms. The summed E-state index contributed by atoms with van der Waals surface area (Å²) < 4.78 is 10.6. The third kappa shape index (κ3) is 3.69. The highest BCUT2D eigenvalue weighted by molar-refractivity contribution is 5.99. The van der Waals surface area contributed by atoms with Crippen molar-refractivity contribution < 1.29 is 19.1 Å². The van der Waals surface area contributed by atoms with Gasteiger partial charge in [-0.15, -0.1) is 0 Å². The lowest BCUT2D eigenvalue weighted by Crippen LogP contribution is -2.12. The minimum absolute atomic E-state index is 0.0449. The summed E-state index contributed by atoms with van der Waals surface area (Å²) in [6, 6.07) is 13.7. The SMILES string of the molecule is COc1ccccc1C(=O)COc1cccc(C(C)=O)c1. The van der Waals surface area contributed by atoms with Crippen molar-refractivity contribution in [3.63, 3.8) is 0 Å². The normalized spacial score (nSPS) is 10.0. The number of ether oxygens (including phenoxy) is 2. The van der Waals surface area contributed by atoms with Gasteiger partial charge in [-0.3, -0.25) is 9.59 Å². The predicted molar refractivity (Wildman–Crippen MR) is 79.3 cm³/mol. The zero-order chi connectivity index (χ0) is 15.2. The van der Waals surface area contributed by atoms with Crippen molar-refractivity contribution in [2.24, 2.45) is 0 Å². The predicted octanol–water partition coefficient (Wildman–Crippen LogP) is 3.16. The monoisotopic (exact) mass is 284 g/mol. The Hall–Kier alpha value is -2.62. The van der Waals surface area contributed by atoms with Gasteiger partial charge in [0.15, 0.2) is 12.4 Å². The highest BCUT2D eigenvalue weighted by Gasteiger charge is 2.12. The number of carbonyl (C=O) groups excluding carboxylic acids is 2. The molecule has 0 aliphatic carbocycles. The van der Waals surface area contributed by atoms with E-state index in [1.54, 1.807) is 48.5 Å². The van der Waals surface area contributed by atoms with Gasteiger partial charge >= 0.3 is 0 Å². The summed E-state index contributed by atoms with van der Waals surface area (Å²) >= 11 is 0. The molecule has 2 aromatic carbocycles. The molecule has 108 valence electrons. The zero-order valence-electron chi connectivity index (χ0n) is 12.0. The Balaban J connectivity index is 2.07. The maximum Gasteiger partial charge on any atom is 0.203 e. The average molecular weight is 284 g/mol. The molecule has 0 aliphatic heterocycles. The Morgan fingerprint density at radius 2 is 1.81 bits per heavy atom. The molecular weight excluding hydrogens is 268 g/mol. The zero-order valence-corrected chi connectivity index (χ0v) is 12.0. The molecule has 0 bridgehead atoms. The van der Waals surface area contributed by atoms with Crippen molar-refractivity contribution >= 4 is 11.6 Å². The summed E-state index contributed by atoms with van der Waals surface area (Å²) in [6.45, 7) is 1.38. The lowest BCUT2D eigenvalue weighted by Gasteiger charge is -2.09. The number of Topliss-reactive ketones (excluding diaryl/α,β-unsaturated/α-hetero) is 2. The molecule has 2 rings (SSSR count). The van der Waals surface area contributed by atoms with E-state index < -0.39 is 0 Å². The Bertz CT molecular complexity index is 661. The van der Waals surface area contributed by atoms with Gasteiger partial charge in [0.1, 0.15) is 11.5 Å². The molecule has 0 radical (unpaired) electrons. The van der Waals surface area contributed by atoms with Gasteiger partial charge in [-0.25, -0.2) is 0 Å². The van der Waals surface area contributed by atoms with E-state index in [1.807, 2.05) is 0 Å². The first-order chi connectivity index (χ1) is 10.1. The number of hydrogen-bond donors (Lipinski definition) is 0. The lowest BCUT2D eigenvalue weighted by atomic mass is 10.1. The first kappa shape index (κ1) is 14.8. The van der Waals surface area contributed by atoms with Crippen molar-refractivity contribution in [2.45, 2.75) is 6.92 Å². The van der Waals surface area contributed by atoms with E-state index in [9.17, 15) is 9.59 Å². The van der Waals surface area contributed by atoms with Gasteiger partial charge in [0.05, 0.1) is 12.7 Å². The van der Waals surface area contributed by atoms with Gasteiger partial charge in [-0.1, -0.05) is 24.3 Å². The Morgan fingerprint density at radius 1 is 1.05 bits per heavy atom. The van der Waals surface area contributed by atoms with E-state index in [1.165, 1.54) is 14.0 Å². The number of ketones is 2. The maximum atomic E-state index is 12.1. The molecule has 0 aliphatic rings. The number of para-hydroxylation sites is 1. The van der Waals surface area contributed by atoms with Crippen molar-refractivity contribution in [3.05, 3.63) is 59.7 Å². The van der Waals surface area contributed by atoms with E-state index in [-0.39, 0.29) is 18.2 Å². The van der Waals surface area contributed by atoms with Gasteiger partial charge in [-0.2, -0.15) is 0 Å². The molecule has 0 amide bonds. The topological polar surface area (TPSA) is 52.6 Å². The summed E-state index contributed by atoms with van der Waals surface area (Å²) in [5.74, 6) is 0.784. The molecule has 4 nitrogen and oxygen atoms in total. The molecule has 0 saturated carbocycles. The molecule has 0 heterocycles. The van der Waals surface area contributed by atoms with Crippen molar-refractivity contribution in [2.75, 3.05) is 13.7 Å². The molecule has 2 aromatic rings. The van der Waals surface area contributed by atoms with Crippen LogP contribution in [0.2, 0.25) is 0 Å². The van der Waals surface area contributed by atoms with Crippen molar-refractivity contribution in [1.29, 1.82) is 0 Å². The van der Waals surface area contributed by atoms with Crippen LogP contribution < -0.4 is 9.47 Å². The van der Waals surface area contributed by atoms with Crippen molar-refractivity contribution in [3.8, 4) is 11.5 Å². The molecule has 21 heavy (non-hydrogen) atoms. The maximum absolute atomic E-state index is 12.1. The van der Waals surface area contributed by atoms with Crippen LogP contribution in [0.25, 0.3) is 0 Å². The van der Waals surface area contributed by atoms with Crippen LogP contribution in [0.4, 0.5) is 0 Å². The van der Waals surface area contributed by atoms with Crippen LogP contribution >= 0.6 is 0 Å². The van der Waals surface area contributed by atoms with E-state index in [4.69, 9.17) is 9.47 Å². The Labute approximate surface area is 123 Å². The fraction of sp³-hybridized carbons (Fsp3) is 0.176. The van der Waals surface area contributed by atoms with Gasteiger partial charge in [0, 0.05) is 5.56 Å². The quantitative estimate of drug-likeness (QED) is 0.765. The minimum Gasteiger partial charge on any atom is -0.496 e. The molecular formula is C17H16O4. The molecule has 0 saturated heterocycles. The summed E-state index contributed by atoms with van der Waals surface area (Å²) in [7, 11) is 1.52. The first-order valence-corrected chi connectivity index (χ1v) is 6.52. The Kier molecular flexibility index (Phi) is 4.72. The van der Waals surface area contributed by atoms with Crippen LogP contribution in [0.15, 0.2) is 48.5 Å². The van der Waals surface area contributed by atoms with E-state index in [2.05, 4.69) is 0 Å². The molecule has 0 N–H and O–H groups in total. The van der Waals surface area contributed by atoms with E-state index in [0.717, 1.165) is 0 Å². The minimum atomic E-state index is -0.180. The first-order valence-electron chi connectivity index (χ1n) is 6.52. The van der Waals surface area contributed by atoms with Crippen LogP contribution in [-0.2, 0) is 0 Å². The second-order valence-corrected chi connectivity index (χ2v) is 4.50. The third-order valence-electron chi connectivity index (χ3n) is 3.02. The Morgan fingerprint density at radius 3 is 2.52 bits per heavy atom. The van der Waals surface area contributed by atoms with Gasteiger partial charge < -0.3 is 9.47 Å². The van der Waals surface area contributed by atoms with Crippen LogP contribution in [-0.4, -0.2) is 25.3 Å². The van der Waals surface area contributed by atoms with Crippen LogP contribution in [0, 0.1) is 0 Å². The fourth-order valence-electron chi connectivity index (χ4n) is 1.91. The van der Waals surface area contributed by atoms with Crippen molar-refractivity contribution in [1.82, 2.24) is 0 Å². The molecule has 0 fully saturated rings. The number of methoxy groups -OCH3 is 1. The molecule has 0 unspecified atom stereocenters. The van der Waals surface area contributed by atoms with E-state index in [0.29, 0.717) is 22.6 Å². The van der Waals surface area contributed by atoms with Crippen LogP contribution in [0.5, 0.6) is 11.5 Å². The van der Waals surface area contributed by atoms with Gasteiger partial charge in [-0.05, 0) is 31.2 Å². The van der Waals surface area contributed by atoms with Gasteiger partial charge in [0.25, 0.3) is 0 Å². The highest BCUT2D eigenvalue weighted by atomic mass is 16.5. The van der Waals surface area contributed by atoms with E-state index >= 15 is 0 Å². The summed E-state index contributed by atoms with van der Waals surface area (Å²) in [6.07, 6.45) is 0. The fourth-order valence-corrected chi connectivity index (χ4v) is 1.91. The number of benzene rings is 2. The van der Waals surface area contributed by atoms with Crippen LogP contribution in [0.3, 0.4) is 0 Å². The van der Waals surface area contributed by atoms with Gasteiger partial charge in [0.2, 0.25) is 5.78 Å². The second kappa shape index (κ2) is 6.70.